The predicted molar refractivity (Wildman–Crippen MR) is 125 cm³/mol. The zero-order valence-corrected chi connectivity index (χ0v) is 21.4. The van der Waals surface area contributed by atoms with E-state index in [1.54, 1.807) is 13.0 Å². The quantitative estimate of drug-likeness (QED) is 0.336. The van der Waals surface area contributed by atoms with Gasteiger partial charge in [0.05, 0.1) is 40.3 Å². The first kappa shape index (κ1) is 25.6. The molecule has 0 unspecified atom stereocenters. The number of carbonyl (C=O) groups excluding carboxylic acids is 2. The lowest BCUT2D eigenvalue weighted by molar-refractivity contribution is -0.138. The lowest BCUT2D eigenvalue weighted by Crippen LogP contribution is -2.42. The van der Waals surface area contributed by atoms with Crippen LogP contribution in [0.15, 0.2) is 30.4 Å². The van der Waals surface area contributed by atoms with E-state index in [4.69, 9.17) is 10.00 Å². The van der Waals surface area contributed by atoms with E-state index < -0.39 is 60.5 Å². The number of amides is 2. The standard InChI is InChI=1S/C25H29F3N2O4Si/c1-22(2,35(4,5)33)9-6-10-24-12-11-23(3,34-24)18-19(24)21(32)30(20(18)31)16-8-7-15(14-29)17(13-16)25(26,27)28/h7-8,11-13,18-19,33H,6,9-10H2,1-5H3/t18-,19+,23-,24+/m1/s1. The highest BCUT2D eigenvalue weighted by Crippen LogP contribution is 2.60. The summed E-state index contributed by atoms with van der Waals surface area (Å²) in [7, 11) is -2.44. The summed E-state index contributed by atoms with van der Waals surface area (Å²) in [6.07, 6.45) is 0.574. The molecule has 2 amide bonds. The van der Waals surface area contributed by atoms with Crippen molar-refractivity contribution in [3.63, 3.8) is 0 Å². The van der Waals surface area contributed by atoms with Crippen molar-refractivity contribution in [2.75, 3.05) is 4.90 Å². The fraction of sp³-hybridized carbons (Fsp3) is 0.560. The van der Waals surface area contributed by atoms with Gasteiger partial charge in [-0.1, -0.05) is 26.0 Å². The van der Waals surface area contributed by atoms with Crippen LogP contribution in [-0.2, 0) is 20.5 Å². The number of ether oxygens (including phenoxy) is 1. The highest BCUT2D eigenvalue weighted by atomic mass is 28.4. The monoisotopic (exact) mass is 506 g/mol. The second-order valence-electron chi connectivity index (χ2n) is 11.2. The van der Waals surface area contributed by atoms with Crippen molar-refractivity contribution in [3.05, 3.63) is 41.5 Å². The second kappa shape index (κ2) is 7.76. The Morgan fingerprint density at radius 3 is 2.37 bits per heavy atom. The van der Waals surface area contributed by atoms with Crippen LogP contribution in [0.4, 0.5) is 18.9 Å². The Hall–Kier alpha value is -2.48. The van der Waals surface area contributed by atoms with Gasteiger partial charge in [-0.3, -0.25) is 9.59 Å². The number of anilines is 1. The van der Waals surface area contributed by atoms with Crippen LogP contribution in [0.2, 0.25) is 18.1 Å². The van der Waals surface area contributed by atoms with Gasteiger partial charge >= 0.3 is 6.18 Å². The highest BCUT2D eigenvalue weighted by molar-refractivity contribution is 6.72. The van der Waals surface area contributed by atoms with Crippen LogP contribution in [0.25, 0.3) is 0 Å². The van der Waals surface area contributed by atoms with Crippen molar-refractivity contribution in [2.45, 2.75) is 75.5 Å². The fourth-order valence-electron chi connectivity index (χ4n) is 5.52. The Labute approximate surface area is 203 Å². The van der Waals surface area contributed by atoms with Crippen LogP contribution >= 0.6 is 0 Å². The summed E-state index contributed by atoms with van der Waals surface area (Å²) in [5, 5.41) is 8.80. The maximum atomic E-state index is 13.6. The summed E-state index contributed by atoms with van der Waals surface area (Å²) in [5.41, 5.74) is -4.03. The zero-order valence-electron chi connectivity index (χ0n) is 20.4. The Bertz CT molecular complexity index is 1170. The molecule has 1 aromatic rings. The van der Waals surface area contributed by atoms with E-state index in [0.29, 0.717) is 25.3 Å². The van der Waals surface area contributed by atoms with E-state index in [0.717, 1.165) is 11.0 Å². The van der Waals surface area contributed by atoms with Crippen molar-refractivity contribution in [1.82, 2.24) is 0 Å². The molecule has 4 rings (SSSR count). The molecule has 0 spiro atoms. The molecule has 0 saturated carbocycles. The molecule has 1 N–H and O–H groups in total. The minimum atomic E-state index is -4.81. The SMILES string of the molecule is CC(C)(CCC[C@@]12C=C[C@@](C)(O1)[C@H]1C(=O)N(c3ccc(C#N)c(C(F)(F)F)c3)C(=O)[C@H]12)[Si](C)(C)O. The molecule has 2 fully saturated rings. The van der Waals surface area contributed by atoms with Crippen molar-refractivity contribution < 1.29 is 32.3 Å². The molecule has 35 heavy (non-hydrogen) atoms. The predicted octanol–water partition coefficient (Wildman–Crippen LogP) is 4.93. The summed E-state index contributed by atoms with van der Waals surface area (Å²) in [6.45, 7) is 9.50. The third-order valence-corrected chi connectivity index (χ3v) is 11.8. The van der Waals surface area contributed by atoms with Gasteiger partial charge in [0, 0.05) is 0 Å². The van der Waals surface area contributed by atoms with Crippen molar-refractivity contribution >= 4 is 25.8 Å². The molecule has 3 heterocycles. The number of hydrogen-bond donors (Lipinski definition) is 1. The number of nitriles is 1. The second-order valence-corrected chi connectivity index (χ2v) is 15.6. The van der Waals surface area contributed by atoms with Crippen molar-refractivity contribution in [2.24, 2.45) is 11.8 Å². The summed E-state index contributed by atoms with van der Waals surface area (Å²) in [5.74, 6) is -2.89. The van der Waals surface area contributed by atoms with Gasteiger partial charge in [-0.2, -0.15) is 18.4 Å². The average Bonchev–Trinajstić information content (AvgIpc) is 3.30. The number of halogens is 3. The van der Waals surface area contributed by atoms with Gasteiger partial charge in [-0.25, -0.2) is 4.90 Å². The number of imide groups is 1. The van der Waals surface area contributed by atoms with Gasteiger partial charge in [-0.05, 0) is 62.5 Å². The highest BCUT2D eigenvalue weighted by Gasteiger charge is 2.71. The third kappa shape index (κ3) is 3.84. The van der Waals surface area contributed by atoms with Gasteiger partial charge < -0.3 is 9.53 Å². The van der Waals surface area contributed by atoms with Gasteiger partial charge in [0.15, 0.2) is 8.32 Å². The van der Waals surface area contributed by atoms with E-state index >= 15 is 0 Å². The zero-order chi connectivity index (χ0) is 26.2. The van der Waals surface area contributed by atoms with E-state index in [2.05, 4.69) is 0 Å². The summed E-state index contributed by atoms with van der Waals surface area (Å²) >= 11 is 0. The number of alkyl halides is 3. The topological polar surface area (TPSA) is 90.6 Å². The Morgan fingerprint density at radius 1 is 1.17 bits per heavy atom. The van der Waals surface area contributed by atoms with Crippen LogP contribution in [0.3, 0.4) is 0 Å². The van der Waals surface area contributed by atoms with Crippen molar-refractivity contribution in [3.8, 4) is 6.07 Å². The van der Waals surface area contributed by atoms with E-state index in [9.17, 15) is 27.6 Å². The summed E-state index contributed by atoms with van der Waals surface area (Å²) in [4.78, 5) is 38.4. The van der Waals surface area contributed by atoms with Crippen LogP contribution < -0.4 is 4.90 Å². The third-order valence-electron chi connectivity index (χ3n) is 8.27. The van der Waals surface area contributed by atoms with E-state index in [1.165, 1.54) is 12.1 Å². The number of rotatable bonds is 6. The van der Waals surface area contributed by atoms with Crippen LogP contribution in [0.1, 0.15) is 51.2 Å². The maximum Gasteiger partial charge on any atom is 0.417 e. The Kier molecular flexibility index (Phi) is 5.67. The molecule has 6 nitrogen and oxygen atoms in total. The molecule has 0 aromatic heterocycles. The Balaban J connectivity index is 1.65. The first-order chi connectivity index (χ1) is 16.0. The van der Waals surface area contributed by atoms with E-state index in [1.807, 2.05) is 33.0 Å². The van der Waals surface area contributed by atoms with Gasteiger partial charge in [-0.15, -0.1) is 0 Å². The molecule has 0 aliphatic carbocycles. The molecule has 0 radical (unpaired) electrons. The van der Waals surface area contributed by atoms with Gasteiger partial charge in [0.1, 0.15) is 5.60 Å². The molecule has 3 aliphatic rings. The first-order valence-corrected chi connectivity index (χ1v) is 14.5. The number of nitrogens with zero attached hydrogens (tertiary/aromatic N) is 2. The number of fused-ring (bicyclic) bond motifs is 5. The number of carbonyl (C=O) groups is 2. The molecule has 3 aliphatic heterocycles. The summed E-state index contributed by atoms with van der Waals surface area (Å²) in [6, 6.07) is 4.39. The normalized spacial score (nSPS) is 30.2. The number of hydrogen-bond acceptors (Lipinski definition) is 5. The molecule has 4 atom stereocenters. The minimum Gasteiger partial charge on any atom is -0.432 e. The van der Waals surface area contributed by atoms with Crippen LogP contribution in [0, 0.1) is 23.2 Å². The van der Waals surface area contributed by atoms with E-state index in [-0.39, 0.29) is 10.7 Å². The first-order valence-electron chi connectivity index (χ1n) is 11.6. The number of benzene rings is 1. The van der Waals surface area contributed by atoms with Gasteiger partial charge in [0.25, 0.3) is 0 Å². The van der Waals surface area contributed by atoms with Crippen LogP contribution in [-0.4, -0.2) is 36.1 Å². The molecule has 188 valence electrons. The maximum absolute atomic E-state index is 13.6. The molecule has 1 aromatic carbocycles. The van der Waals surface area contributed by atoms with Gasteiger partial charge in [0.2, 0.25) is 11.8 Å². The molecular weight excluding hydrogens is 477 g/mol. The Morgan fingerprint density at radius 2 is 1.80 bits per heavy atom. The molecular formula is C25H29F3N2O4Si. The average molecular weight is 507 g/mol. The van der Waals surface area contributed by atoms with Crippen LogP contribution in [0.5, 0.6) is 0 Å². The largest absolute Gasteiger partial charge is 0.432 e. The lowest BCUT2D eigenvalue weighted by atomic mass is 9.71. The minimum absolute atomic E-state index is 0.201. The van der Waals surface area contributed by atoms with Crippen molar-refractivity contribution in [1.29, 1.82) is 5.26 Å². The molecule has 10 heteroatoms. The lowest BCUT2D eigenvalue weighted by Gasteiger charge is -2.36. The molecule has 2 saturated heterocycles. The fourth-order valence-corrected chi connectivity index (χ4v) is 6.31. The molecule has 2 bridgehead atoms. The summed E-state index contributed by atoms with van der Waals surface area (Å²) < 4.78 is 46.9. The smallest absolute Gasteiger partial charge is 0.417 e.